The van der Waals surface area contributed by atoms with E-state index < -0.39 is 16.3 Å². The van der Waals surface area contributed by atoms with E-state index in [0.717, 1.165) is 7.11 Å². The SMILES string of the molecule is COC(=O)NS(=O)(=O)NCCI. The average Bonchev–Trinajstić information content (AvgIpc) is 2.00. The minimum Gasteiger partial charge on any atom is -0.452 e. The molecule has 1 amide bonds. The molecule has 0 aromatic carbocycles. The number of alkyl halides is 1. The fourth-order valence-corrected chi connectivity index (χ4v) is 1.74. The van der Waals surface area contributed by atoms with Gasteiger partial charge in [0.15, 0.2) is 0 Å². The van der Waals surface area contributed by atoms with E-state index in [2.05, 4.69) is 9.46 Å². The van der Waals surface area contributed by atoms with Gasteiger partial charge >= 0.3 is 16.3 Å². The second-order valence-corrected chi connectivity index (χ2v) is 4.26. The summed E-state index contributed by atoms with van der Waals surface area (Å²) in [4.78, 5) is 10.4. The van der Waals surface area contributed by atoms with Crippen LogP contribution in [0.5, 0.6) is 0 Å². The molecule has 0 saturated carbocycles. The van der Waals surface area contributed by atoms with Gasteiger partial charge in [0.1, 0.15) is 0 Å². The lowest BCUT2D eigenvalue weighted by atomic mass is 10.8. The Balaban J connectivity index is 3.96. The normalized spacial score (nSPS) is 10.8. The molecule has 0 aliphatic carbocycles. The van der Waals surface area contributed by atoms with Crippen LogP contribution in [0.4, 0.5) is 4.79 Å². The molecule has 0 spiro atoms. The molecular formula is C4H9IN2O4S. The van der Waals surface area contributed by atoms with Gasteiger partial charge in [-0.05, 0) is 0 Å². The second-order valence-electron chi connectivity index (χ2n) is 1.68. The number of carbonyl (C=O) groups is 1. The first-order valence-corrected chi connectivity index (χ1v) is 5.94. The lowest BCUT2D eigenvalue weighted by Gasteiger charge is -2.04. The Morgan fingerprint density at radius 2 is 2.17 bits per heavy atom. The van der Waals surface area contributed by atoms with Crippen LogP contribution in [0.25, 0.3) is 0 Å². The summed E-state index contributed by atoms with van der Waals surface area (Å²) < 4.78 is 30.1. The predicted octanol–water partition coefficient (Wildman–Crippen LogP) is -0.388. The van der Waals surface area contributed by atoms with Gasteiger partial charge in [0, 0.05) is 11.0 Å². The lowest BCUT2D eigenvalue weighted by Crippen LogP contribution is -2.40. The highest BCUT2D eigenvalue weighted by molar-refractivity contribution is 14.1. The molecule has 0 atom stereocenters. The van der Waals surface area contributed by atoms with Gasteiger partial charge in [0.2, 0.25) is 0 Å². The van der Waals surface area contributed by atoms with Gasteiger partial charge in [-0.25, -0.2) is 9.52 Å². The van der Waals surface area contributed by atoms with Crippen LogP contribution in [-0.2, 0) is 14.9 Å². The Labute approximate surface area is 84.4 Å². The Hall–Kier alpha value is -0.0900. The number of methoxy groups -OCH3 is 1. The van der Waals surface area contributed by atoms with Gasteiger partial charge in [-0.1, -0.05) is 22.6 Å². The first-order chi connectivity index (χ1) is 5.52. The van der Waals surface area contributed by atoms with Crippen LogP contribution in [0.3, 0.4) is 0 Å². The summed E-state index contributed by atoms with van der Waals surface area (Å²) in [6, 6.07) is 0. The number of amides is 1. The Morgan fingerprint density at radius 1 is 1.58 bits per heavy atom. The number of carbonyl (C=O) groups excluding carboxylic acids is 1. The van der Waals surface area contributed by atoms with Gasteiger partial charge in [-0.3, -0.25) is 0 Å². The molecule has 0 aromatic rings. The van der Waals surface area contributed by atoms with Gasteiger partial charge < -0.3 is 4.74 Å². The molecule has 0 heterocycles. The highest BCUT2D eigenvalue weighted by Crippen LogP contribution is 1.82. The summed E-state index contributed by atoms with van der Waals surface area (Å²) in [6.45, 7) is 0.271. The summed E-state index contributed by atoms with van der Waals surface area (Å²) in [7, 11) is -2.65. The quantitative estimate of drug-likeness (QED) is 0.547. The van der Waals surface area contributed by atoms with Crippen LogP contribution in [0, 0.1) is 0 Å². The molecule has 0 fully saturated rings. The van der Waals surface area contributed by atoms with E-state index in [1.54, 1.807) is 4.72 Å². The number of ether oxygens (including phenoxy) is 1. The van der Waals surface area contributed by atoms with Crippen LogP contribution in [-0.4, -0.2) is 32.6 Å². The number of hydrogen-bond donors (Lipinski definition) is 2. The molecule has 72 valence electrons. The van der Waals surface area contributed by atoms with Gasteiger partial charge in [0.25, 0.3) is 0 Å². The third-order valence-electron chi connectivity index (χ3n) is 0.790. The summed E-state index contributed by atoms with van der Waals surface area (Å²) in [6.07, 6.45) is -1.00. The number of rotatable bonds is 4. The first-order valence-electron chi connectivity index (χ1n) is 2.93. The van der Waals surface area contributed by atoms with Crippen molar-refractivity contribution in [3.63, 3.8) is 0 Å². The van der Waals surface area contributed by atoms with E-state index in [-0.39, 0.29) is 6.54 Å². The van der Waals surface area contributed by atoms with E-state index in [1.807, 2.05) is 22.6 Å². The molecule has 0 bridgehead atoms. The Bertz CT molecular complexity index is 239. The molecule has 12 heavy (non-hydrogen) atoms. The Kier molecular flexibility index (Phi) is 5.50. The van der Waals surface area contributed by atoms with E-state index in [4.69, 9.17) is 0 Å². The molecule has 8 heteroatoms. The van der Waals surface area contributed by atoms with Crippen molar-refractivity contribution < 1.29 is 17.9 Å². The summed E-state index contributed by atoms with van der Waals surface area (Å²) in [5.74, 6) is 0. The molecule has 0 saturated heterocycles. The zero-order valence-electron chi connectivity index (χ0n) is 6.33. The van der Waals surface area contributed by atoms with Gasteiger partial charge in [-0.2, -0.15) is 13.1 Å². The van der Waals surface area contributed by atoms with Crippen molar-refractivity contribution in [2.75, 3.05) is 18.1 Å². The van der Waals surface area contributed by atoms with Crippen LogP contribution in [0.1, 0.15) is 0 Å². The molecule has 0 aliphatic heterocycles. The maximum atomic E-state index is 10.8. The first kappa shape index (κ1) is 11.9. The minimum absolute atomic E-state index is 0.271. The van der Waals surface area contributed by atoms with Crippen molar-refractivity contribution in [2.24, 2.45) is 0 Å². The third kappa shape index (κ3) is 5.55. The van der Waals surface area contributed by atoms with Crippen LogP contribution in [0.15, 0.2) is 0 Å². The molecule has 0 radical (unpaired) electrons. The third-order valence-corrected chi connectivity index (χ3v) is 2.35. The topological polar surface area (TPSA) is 84.5 Å². The minimum atomic E-state index is -3.73. The van der Waals surface area contributed by atoms with Gasteiger partial charge in [0.05, 0.1) is 7.11 Å². The van der Waals surface area contributed by atoms with E-state index in [9.17, 15) is 13.2 Å². The maximum absolute atomic E-state index is 10.8. The number of hydrogen-bond acceptors (Lipinski definition) is 4. The fourth-order valence-electron chi connectivity index (χ4n) is 0.360. The van der Waals surface area contributed by atoms with Crippen molar-refractivity contribution in [1.29, 1.82) is 0 Å². The average molecular weight is 308 g/mol. The van der Waals surface area contributed by atoms with Crippen molar-refractivity contribution in [3.05, 3.63) is 0 Å². The number of halogens is 1. The highest BCUT2D eigenvalue weighted by Gasteiger charge is 2.12. The molecule has 6 nitrogen and oxygen atoms in total. The molecule has 0 aromatic heterocycles. The van der Waals surface area contributed by atoms with E-state index >= 15 is 0 Å². The van der Waals surface area contributed by atoms with E-state index in [0.29, 0.717) is 4.43 Å². The second kappa shape index (κ2) is 5.54. The van der Waals surface area contributed by atoms with Crippen molar-refractivity contribution in [3.8, 4) is 0 Å². The molecule has 0 unspecified atom stereocenters. The van der Waals surface area contributed by atoms with Crippen molar-refractivity contribution in [1.82, 2.24) is 9.44 Å². The monoisotopic (exact) mass is 308 g/mol. The van der Waals surface area contributed by atoms with Crippen LogP contribution < -0.4 is 9.44 Å². The van der Waals surface area contributed by atoms with Gasteiger partial charge in [-0.15, -0.1) is 0 Å². The largest absolute Gasteiger partial charge is 0.452 e. The number of nitrogens with one attached hydrogen (secondary N) is 2. The smallest absolute Gasteiger partial charge is 0.421 e. The highest BCUT2D eigenvalue weighted by atomic mass is 127. The van der Waals surface area contributed by atoms with E-state index in [1.165, 1.54) is 0 Å². The Morgan fingerprint density at radius 3 is 2.58 bits per heavy atom. The summed E-state index contributed by atoms with van der Waals surface area (Å²) in [5.41, 5.74) is 0. The standard InChI is InChI=1S/C4H9IN2O4S/c1-11-4(8)7-12(9,10)6-3-2-5/h6H,2-3H2,1H3,(H,7,8). The van der Waals surface area contributed by atoms with Crippen molar-refractivity contribution >= 4 is 38.9 Å². The summed E-state index contributed by atoms with van der Waals surface area (Å²) >= 11 is 2.00. The fraction of sp³-hybridized carbons (Fsp3) is 0.750. The zero-order chi connectivity index (χ0) is 9.61. The molecule has 0 rings (SSSR count). The molecular weight excluding hydrogens is 299 g/mol. The molecule has 0 aliphatic rings. The maximum Gasteiger partial charge on any atom is 0.421 e. The van der Waals surface area contributed by atoms with Crippen molar-refractivity contribution in [2.45, 2.75) is 0 Å². The predicted molar refractivity (Wildman–Crippen MR) is 51.4 cm³/mol. The zero-order valence-corrected chi connectivity index (χ0v) is 9.31. The van der Waals surface area contributed by atoms with Crippen LogP contribution in [0.2, 0.25) is 0 Å². The van der Waals surface area contributed by atoms with Crippen LogP contribution >= 0.6 is 22.6 Å². The summed E-state index contributed by atoms with van der Waals surface area (Å²) in [5, 5.41) is 0. The molecule has 2 N–H and O–H groups in total. The lowest BCUT2D eigenvalue weighted by molar-refractivity contribution is 0.177.